The summed E-state index contributed by atoms with van der Waals surface area (Å²) >= 11 is 0. The van der Waals surface area contributed by atoms with E-state index < -0.39 is 5.92 Å². The molecule has 0 radical (unpaired) electrons. The van der Waals surface area contributed by atoms with Gasteiger partial charge in [0.25, 0.3) is 0 Å². The summed E-state index contributed by atoms with van der Waals surface area (Å²) < 4.78 is 0. The molecular weight excluding hydrogens is 709 g/mol. The number of rotatable bonds is 5. The van der Waals surface area contributed by atoms with Gasteiger partial charge in [-0.1, -0.05) is 127 Å². The second-order valence-corrected chi connectivity index (χ2v) is 14.8. The number of hydrogen-bond donors (Lipinski definition) is 2. The SMILES string of the molecule is N#CC1CC=C(C2=Cc3nc2c(-c2ccccc2)c2ccc([nH]2)c(-c2ccccc2)c2nc(c(-c4ccccc4)c4ccc([nH]4)c3-c3ccccc3)C=C2)CC1C#N. The fraction of sp³-hybridized carbons (Fsp3) is 0.0769. The van der Waals surface area contributed by atoms with Crippen LogP contribution in [0.2, 0.25) is 0 Å². The van der Waals surface area contributed by atoms with Crippen LogP contribution < -0.4 is 0 Å². The summed E-state index contributed by atoms with van der Waals surface area (Å²) in [5, 5.41) is 20.2. The molecule has 2 unspecified atom stereocenters. The van der Waals surface area contributed by atoms with Gasteiger partial charge < -0.3 is 9.97 Å². The molecule has 0 spiro atoms. The standard InChI is InChI=1S/C52H36N6/c53-31-38-22-21-37(29-39(38)32-54)40-30-47-50(35-17-9-3-10-18-35)45-26-25-43(56-45)48(33-13-5-1-6-14-33)41-23-24-42(55-41)49(34-15-7-2-8-16-34)44-27-28-46(57-44)51(52(40)58-47)36-19-11-4-12-20-36/h1-21,23-28,30,38-39,56-57H,22,29H2. The molecule has 0 amide bonds. The van der Waals surface area contributed by atoms with E-state index in [-0.39, 0.29) is 5.92 Å². The molecule has 2 N–H and O–H groups in total. The number of aromatic nitrogens is 4. The number of nitriles is 2. The largest absolute Gasteiger partial charge is 0.354 e. The first-order valence-corrected chi connectivity index (χ1v) is 19.6. The van der Waals surface area contributed by atoms with E-state index in [1.54, 1.807) is 0 Å². The van der Waals surface area contributed by atoms with Gasteiger partial charge in [-0.05, 0) is 83.2 Å². The van der Waals surface area contributed by atoms with Crippen molar-refractivity contribution in [2.24, 2.45) is 11.8 Å². The number of fused-ring (bicyclic) bond motifs is 8. The van der Waals surface area contributed by atoms with Gasteiger partial charge in [0.15, 0.2) is 0 Å². The highest BCUT2D eigenvalue weighted by molar-refractivity contribution is 6.05. The molecule has 4 aromatic carbocycles. The van der Waals surface area contributed by atoms with Crippen LogP contribution in [0.4, 0.5) is 0 Å². The summed E-state index contributed by atoms with van der Waals surface area (Å²) in [7, 11) is 0. The van der Waals surface area contributed by atoms with E-state index in [1.807, 2.05) is 24.3 Å². The predicted molar refractivity (Wildman–Crippen MR) is 235 cm³/mol. The minimum atomic E-state index is -0.421. The summed E-state index contributed by atoms with van der Waals surface area (Å²) in [5.74, 6) is -0.774. The Bertz CT molecular complexity index is 3070. The fourth-order valence-corrected chi connectivity index (χ4v) is 8.55. The third-order valence-electron chi connectivity index (χ3n) is 11.3. The quantitative estimate of drug-likeness (QED) is 0.183. The van der Waals surface area contributed by atoms with E-state index in [0.29, 0.717) is 12.8 Å². The normalized spacial score (nSPS) is 15.9. The van der Waals surface area contributed by atoms with Gasteiger partial charge in [0, 0.05) is 49.9 Å². The first-order valence-electron chi connectivity index (χ1n) is 19.6. The second kappa shape index (κ2) is 14.7. The van der Waals surface area contributed by atoms with Crippen molar-refractivity contribution in [3.8, 4) is 56.6 Å². The maximum absolute atomic E-state index is 10.3. The number of nitrogens with one attached hydrogen (secondary N) is 2. The van der Waals surface area contributed by atoms with Gasteiger partial charge in [0.1, 0.15) is 0 Å². The van der Waals surface area contributed by atoms with Crippen molar-refractivity contribution in [1.29, 1.82) is 10.5 Å². The van der Waals surface area contributed by atoms with Gasteiger partial charge in [-0.2, -0.15) is 10.5 Å². The van der Waals surface area contributed by atoms with Crippen molar-refractivity contribution in [3.05, 3.63) is 180 Å². The third-order valence-corrected chi connectivity index (χ3v) is 11.3. The lowest BCUT2D eigenvalue weighted by molar-refractivity contribution is 0.477. The molecule has 0 fully saturated rings. The van der Waals surface area contributed by atoms with Crippen molar-refractivity contribution in [2.75, 3.05) is 0 Å². The zero-order chi connectivity index (χ0) is 39.0. The molecule has 58 heavy (non-hydrogen) atoms. The number of nitrogens with zero attached hydrogens (tertiary/aromatic N) is 4. The molecule has 274 valence electrons. The summed E-state index contributed by atoms with van der Waals surface area (Å²) in [5.41, 5.74) is 17.0. The average molecular weight is 745 g/mol. The Morgan fingerprint density at radius 3 is 1.33 bits per heavy atom. The van der Waals surface area contributed by atoms with Crippen LogP contribution in [0.1, 0.15) is 35.6 Å². The van der Waals surface area contributed by atoms with Crippen molar-refractivity contribution >= 4 is 45.9 Å². The van der Waals surface area contributed by atoms with Gasteiger partial charge in [-0.3, -0.25) is 0 Å². The number of allylic oxidation sites excluding steroid dienone is 3. The average Bonchev–Trinajstić information content (AvgIpc) is 4.13. The maximum Gasteiger partial charge on any atom is 0.0812 e. The van der Waals surface area contributed by atoms with E-state index >= 15 is 0 Å². The molecule has 2 aliphatic heterocycles. The predicted octanol–water partition coefficient (Wildman–Crippen LogP) is 12.7. The Balaban J connectivity index is 1.40. The Morgan fingerprint density at radius 1 is 0.466 bits per heavy atom. The maximum atomic E-state index is 10.3. The lowest BCUT2D eigenvalue weighted by atomic mass is 9.78. The molecule has 5 heterocycles. The fourth-order valence-electron chi connectivity index (χ4n) is 8.55. The Kier molecular flexibility index (Phi) is 8.78. The highest BCUT2D eigenvalue weighted by Gasteiger charge is 2.31. The number of benzene rings is 4. The van der Waals surface area contributed by atoms with E-state index in [9.17, 15) is 10.5 Å². The molecular formula is C52H36N6. The van der Waals surface area contributed by atoms with E-state index in [1.165, 1.54) is 0 Å². The van der Waals surface area contributed by atoms with Gasteiger partial charge >= 0.3 is 0 Å². The summed E-state index contributed by atoms with van der Waals surface area (Å²) in [6, 6.07) is 55.0. The van der Waals surface area contributed by atoms with Crippen LogP contribution in [0.3, 0.4) is 0 Å². The van der Waals surface area contributed by atoms with Crippen LogP contribution in [-0.4, -0.2) is 19.9 Å². The van der Waals surface area contributed by atoms with Crippen LogP contribution >= 0.6 is 0 Å². The molecule has 7 aromatic rings. The van der Waals surface area contributed by atoms with Crippen LogP contribution in [0.25, 0.3) is 90.4 Å². The zero-order valence-electron chi connectivity index (χ0n) is 31.5. The minimum absolute atomic E-state index is 0.353. The van der Waals surface area contributed by atoms with Gasteiger partial charge in [-0.15, -0.1) is 0 Å². The monoisotopic (exact) mass is 744 g/mol. The highest BCUT2D eigenvalue weighted by Crippen LogP contribution is 2.45. The first kappa shape index (κ1) is 34.7. The molecule has 1 aliphatic carbocycles. The van der Waals surface area contributed by atoms with Crippen molar-refractivity contribution < 1.29 is 0 Å². The topological polar surface area (TPSA) is 105 Å². The van der Waals surface area contributed by atoms with Crippen LogP contribution in [0.15, 0.2) is 157 Å². The molecule has 0 saturated heterocycles. The van der Waals surface area contributed by atoms with E-state index in [4.69, 9.17) is 9.97 Å². The molecule has 0 saturated carbocycles. The van der Waals surface area contributed by atoms with Gasteiger partial charge in [0.2, 0.25) is 0 Å². The first-order chi connectivity index (χ1) is 28.7. The lowest BCUT2D eigenvalue weighted by Crippen LogP contribution is -2.16. The number of H-pyrrole nitrogens is 2. The van der Waals surface area contributed by atoms with Crippen LogP contribution in [0.5, 0.6) is 0 Å². The van der Waals surface area contributed by atoms with Crippen LogP contribution in [0, 0.1) is 34.5 Å². The summed E-state index contributed by atoms with van der Waals surface area (Å²) in [6.45, 7) is 0. The van der Waals surface area contributed by atoms with Crippen molar-refractivity contribution in [2.45, 2.75) is 12.8 Å². The number of aromatic amines is 2. The van der Waals surface area contributed by atoms with Gasteiger partial charge in [0.05, 0.1) is 46.7 Å². The molecule has 6 nitrogen and oxygen atoms in total. The number of hydrogen-bond acceptors (Lipinski definition) is 4. The zero-order valence-corrected chi connectivity index (χ0v) is 31.5. The molecule has 3 aliphatic rings. The molecule has 8 bridgehead atoms. The second-order valence-electron chi connectivity index (χ2n) is 14.8. The third kappa shape index (κ3) is 6.14. The summed E-state index contributed by atoms with van der Waals surface area (Å²) in [4.78, 5) is 18.7. The lowest BCUT2D eigenvalue weighted by Gasteiger charge is -2.23. The van der Waals surface area contributed by atoms with Gasteiger partial charge in [-0.25, -0.2) is 9.97 Å². The van der Waals surface area contributed by atoms with Crippen molar-refractivity contribution in [1.82, 2.24) is 19.9 Å². The molecule has 3 aromatic heterocycles. The molecule has 6 heteroatoms. The van der Waals surface area contributed by atoms with E-state index in [2.05, 4.69) is 168 Å². The Hall–Kier alpha value is -7.80. The Morgan fingerprint density at radius 2 is 0.879 bits per heavy atom. The molecule has 2 atom stereocenters. The summed E-state index contributed by atoms with van der Waals surface area (Å²) in [6.07, 6.45) is 9.53. The minimum Gasteiger partial charge on any atom is -0.354 e. The van der Waals surface area contributed by atoms with Crippen LogP contribution in [-0.2, 0) is 0 Å². The van der Waals surface area contributed by atoms with Crippen molar-refractivity contribution in [3.63, 3.8) is 0 Å². The molecule has 10 rings (SSSR count). The highest BCUT2D eigenvalue weighted by atomic mass is 14.8. The van der Waals surface area contributed by atoms with E-state index in [0.717, 1.165) is 100 Å². The smallest absolute Gasteiger partial charge is 0.0812 e. The Labute approximate surface area is 336 Å².